The minimum absolute atomic E-state index is 0.200. The number of thiophene rings is 1. The Balaban J connectivity index is 1.95. The largest absolute Gasteiger partial charge is 0.452 e. The van der Waals surface area contributed by atoms with Crippen molar-refractivity contribution in [3.63, 3.8) is 0 Å². The Labute approximate surface area is 150 Å². The van der Waals surface area contributed by atoms with Crippen LogP contribution in [0.4, 0.5) is 5.69 Å². The van der Waals surface area contributed by atoms with Crippen molar-refractivity contribution in [3.05, 3.63) is 58.3 Å². The summed E-state index contributed by atoms with van der Waals surface area (Å²) in [5.74, 6) is -0.944. The molecule has 1 aromatic heterocycles. The van der Waals surface area contributed by atoms with Crippen LogP contribution in [0, 0.1) is 18.3 Å². The fourth-order valence-corrected chi connectivity index (χ4v) is 2.71. The third kappa shape index (κ3) is 5.90. The number of aryl methyl sites for hydroxylation is 1. The second-order valence-corrected chi connectivity index (χ2v) is 6.07. The first-order valence-corrected chi connectivity index (χ1v) is 8.65. The molecule has 128 valence electrons. The fraction of sp³-hybridized carbons (Fsp3) is 0.211. The highest BCUT2D eigenvalue weighted by molar-refractivity contribution is 7.08. The average molecular weight is 354 g/mol. The summed E-state index contributed by atoms with van der Waals surface area (Å²) >= 11 is 1.53. The Hall–Kier alpha value is -2.91. The molecule has 0 bridgehead atoms. The Kier molecular flexibility index (Phi) is 6.93. The van der Waals surface area contributed by atoms with Gasteiger partial charge in [-0.15, -0.1) is 0 Å². The molecule has 0 unspecified atom stereocenters. The van der Waals surface area contributed by atoms with Gasteiger partial charge in [0.05, 0.1) is 12.5 Å². The molecular weight excluding hydrogens is 336 g/mol. The maximum atomic E-state index is 12.4. The number of hydrogen-bond donors (Lipinski definition) is 0. The summed E-state index contributed by atoms with van der Waals surface area (Å²) in [6.45, 7) is 1.83. The number of amides is 1. The maximum absolute atomic E-state index is 12.4. The molecule has 2 aromatic rings. The molecule has 0 radical (unpaired) electrons. The van der Waals surface area contributed by atoms with Crippen molar-refractivity contribution in [2.75, 3.05) is 18.1 Å². The standard InChI is InChI=1S/C19H18N2O3S/c1-15-3-6-17(7-4-15)21(11-2-10-20)18(22)13-24-19(23)8-5-16-9-12-25-14-16/h3-9,12,14H,2,11,13H2,1H3/b8-5+. The number of anilines is 1. The molecule has 2 rings (SSSR count). The van der Waals surface area contributed by atoms with Crippen LogP contribution in [0.3, 0.4) is 0 Å². The summed E-state index contributed by atoms with van der Waals surface area (Å²) in [4.78, 5) is 25.6. The molecule has 1 aromatic carbocycles. The second-order valence-electron chi connectivity index (χ2n) is 5.29. The van der Waals surface area contributed by atoms with E-state index in [1.54, 1.807) is 6.08 Å². The third-order valence-electron chi connectivity index (χ3n) is 3.39. The number of ether oxygens (including phenoxy) is 1. The molecule has 6 heteroatoms. The van der Waals surface area contributed by atoms with Crippen molar-refractivity contribution in [3.8, 4) is 6.07 Å². The molecule has 0 atom stereocenters. The Morgan fingerprint density at radius 1 is 1.28 bits per heavy atom. The van der Waals surface area contributed by atoms with Gasteiger partial charge in [-0.2, -0.15) is 16.6 Å². The normalized spacial score (nSPS) is 10.4. The van der Waals surface area contributed by atoms with Gasteiger partial charge in [0.2, 0.25) is 0 Å². The van der Waals surface area contributed by atoms with E-state index in [0.29, 0.717) is 5.69 Å². The highest BCUT2D eigenvalue weighted by Crippen LogP contribution is 2.16. The van der Waals surface area contributed by atoms with Crippen LogP contribution < -0.4 is 4.90 Å². The van der Waals surface area contributed by atoms with E-state index in [0.717, 1.165) is 11.1 Å². The van der Waals surface area contributed by atoms with Crippen LogP contribution in [-0.2, 0) is 14.3 Å². The van der Waals surface area contributed by atoms with Crippen molar-refractivity contribution in [2.45, 2.75) is 13.3 Å². The van der Waals surface area contributed by atoms with E-state index in [4.69, 9.17) is 10.00 Å². The fourth-order valence-electron chi connectivity index (χ4n) is 2.08. The molecule has 0 saturated heterocycles. The minimum Gasteiger partial charge on any atom is -0.452 e. The molecule has 5 nitrogen and oxygen atoms in total. The van der Waals surface area contributed by atoms with Crippen molar-refractivity contribution < 1.29 is 14.3 Å². The molecule has 0 aliphatic heterocycles. The van der Waals surface area contributed by atoms with Crippen LogP contribution in [0.1, 0.15) is 17.5 Å². The molecule has 0 N–H and O–H groups in total. The van der Waals surface area contributed by atoms with Crippen molar-refractivity contribution in [1.82, 2.24) is 0 Å². The number of carbonyl (C=O) groups excluding carboxylic acids is 2. The Morgan fingerprint density at radius 3 is 2.68 bits per heavy atom. The first-order chi connectivity index (χ1) is 12.1. The van der Waals surface area contributed by atoms with E-state index >= 15 is 0 Å². The summed E-state index contributed by atoms with van der Waals surface area (Å²) in [6, 6.07) is 11.3. The number of hydrogen-bond acceptors (Lipinski definition) is 5. The van der Waals surface area contributed by atoms with E-state index < -0.39 is 5.97 Å². The summed E-state index contributed by atoms with van der Waals surface area (Å²) in [5, 5.41) is 12.6. The molecule has 25 heavy (non-hydrogen) atoms. The molecule has 0 saturated carbocycles. The van der Waals surface area contributed by atoms with Crippen LogP contribution in [-0.4, -0.2) is 25.0 Å². The van der Waals surface area contributed by atoms with Crippen molar-refractivity contribution in [1.29, 1.82) is 5.26 Å². The van der Waals surface area contributed by atoms with Gasteiger partial charge >= 0.3 is 5.97 Å². The lowest BCUT2D eigenvalue weighted by molar-refractivity contribution is -0.142. The van der Waals surface area contributed by atoms with E-state index in [-0.39, 0.29) is 25.5 Å². The second kappa shape index (κ2) is 9.40. The van der Waals surface area contributed by atoms with Crippen LogP contribution in [0.25, 0.3) is 6.08 Å². The zero-order chi connectivity index (χ0) is 18.1. The Morgan fingerprint density at radius 2 is 2.04 bits per heavy atom. The first kappa shape index (κ1) is 18.4. The molecule has 0 fully saturated rings. The minimum atomic E-state index is -0.580. The Bertz CT molecular complexity index is 774. The number of nitriles is 1. The SMILES string of the molecule is Cc1ccc(N(CCC#N)C(=O)COC(=O)/C=C/c2ccsc2)cc1. The number of rotatable bonds is 7. The van der Waals surface area contributed by atoms with Gasteiger partial charge in [-0.05, 0) is 47.5 Å². The number of carbonyl (C=O) groups is 2. The molecule has 0 spiro atoms. The predicted molar refractivity (Wildman–Crippen MR) is 98.1 cm³/mol. The predicted octanol–water partition coefficient (Wildman–Crippen LogP) is 3.56. The van der Waals surface area contributed by atoms with E-state index in [2.05, 4.69) is 0 Å². The topological polar surface area (TPSA) is 70.4 Å². The van der Waals surface area contributed by atoms with Gasteiger partial charge in [-0.25, -0.2) is 4.79 Å². The lowest BCUT2D eigenvalue weighted by atomic mass is 10.2. The van der Waals surface area contributed by atoms with Gasteiger partial charge in [-0.1, -0.05) is 17.7 Å². The zero-order valence-corrected chi connectivity index (χ0v) is 14.7. The molecule has 1 heterocycles. The summed E-state index contributed by atoms with van der Waals surface area (Å²) in [7, 11) is 0. The zero-order valence-electron chi connectivity index (χ0n) is 13.8. The van der Waals surface area contributed by atoms with Crippen LogP contribution in [0.5, 0.6) is 0 Å². The third-order valence-corrected chi connectivity index (χ3v) is 4.09. The smallest absolute Gasteiger partial charge is 0.331 e. The first-order valence-electron chi connectivity index (χ1n) is 7.71. The van der Waals surface area contributed by atoms with Gasteiger partial charge < -0.3 is 9.64 Å². The van der Waals surface area contributed by atoms with Crippen molar-refractivity contribution in [2.24, 2.45) is 0 Å². The molecule has 0 aliphatic rings. The van der Waals surface area contributed by atoms with Crippen LogP contribution in [0.15, 0.2) is 47.2 Å². The maximum Gasteiger partial charge on any atom is 0.331 e. The lowest BCUT2D eigenvalue weighted by Crippen LogP contribution is -2.35. The van der Waals surface area contributed by atoms with Gasteiger partial charge in [-0.3, -0.25) is 4.79 Å². The number of benzene rings is 1. The summed E-state index contributed by atoms with van der Waals surface area (Å²) in [5.41, 5.74) is 2.65. The average Bonchev–Trinajstić information content (AvgIpc) is 3.13. The van der Waals surface area contributed by atoms with E-state index in [9.17, 15) is 9.59 Å². The van der Waals surface area contributed by atoms with Crippen LogP contribution in [0.2, 0.25) is 0 Å². The lowest BCUT2D eigenvalue weighted by Gasteiger charge is -2.21. The molecule has 1 amide bonds. The highest BCUT2D eigenvalue weighted by atomic mass is 32.1. The molecular formula is C19H18N2O3S. The number of nitrogens with zero attached hydrogens (tertiary/aromatic N) is 2. The van der Waals surface area contributed by atoms with Gasteiger partial charge in [0.15, 0.2) is 6.61 Å². The highest BCUT2D eigenvalue weighted by Gasteiger charge is 2.16. The number of esters is 1. The van der Waals surface area contributed by atoms with Crippen molar-refractivity contribution >= 4 is 35.0 Å². The quantitative estimate of drug-likeness (QED) is 0.563. The van der Waals surface area contributed by atoms with Crippen LogP contribution >= 0.6 is 11.3 Å². The van der Waals surface area contributed by atoms with Gasteiger partial charge in [0.25, 0.3) is 5.91 Å². The van der Waals surface area contributed by atoms with Gasteiger partial charge in [0, 0.05) is 18.3 Å². The molecule has 0 aliphatic carbocycles. The van der Waals surface area contributed by atoms with E-state index in [1.807, 2.05) is 54.1 Å². The summed E-state index contributed by atoms with van der Waals surface area (Å²) < 4.78 is 5.01. The van der Waals surface area contributed by atoms with Gasteiger partial charge in [0.1, 0.15) is 0 Å². The van der Waals surface area contributed by atoms with E-state index in [1.165, 1.54) is 22.3 Å². The summed E-state index contributed by atoms with van der Waals surface area (Å²) in [6.07, 6.45) is 3.13. The monoisotopic (exact) mass is 354 g/mol.